The lowest BCUT2D eigenvalue weighted by atomic mass is 10.3. The maximum atomic E-state index is 8.94. The van der Waals surface area contributed by atoms with Gasteiger partial charge >= 0.3 is 0 Å². The smallest absolute Gasteiger partial charge is 0.0524 e. The minimum absolute atomic E-state index is 0.192. The Kier molecular flexibility index (Phi) is 4.60. The second-order valence-electron chi connectivity index (χ2n) is 2.87. The zero-order valence-corrected chi connectivity index (χ0v) is 7.33. The largest absolute Gasteiger partial charge is 0.393 e. The fourth-order valence-corrected chi connectivity index (χ4v) is 0.574. The summed E-state index contributed by atoms with van der Waals surface area (Å²) in [6, 6.07) is 0. The van der Waals surface area contributed by atoms with Crippen LogP contribution in [-0.2, 0) is 0 Å². The minimum atomic E-state index is -0.192. The van der Waals surface area contributed by atoms with Crippen LogP contribution in [-0.4, -0.2) is 48.9 Å². The number of hydrogen-bond acceptors (Lipinski definition) is 3. The predicted molar refractivity (Wildman–Crippen MR) is 42.6 cm³/mol. The molecule has 0 aromatic carbocycles. The molecule has 3 heteroatoms. The molecule has 0 aliphatic carbocycles. The number of rotatable bonds is 4. The van der Waals surface area contributed by atoms with Crippen molar-refractivity contribution in [1.82, 2.24) is 10.0 Å². The predicted octanol–water partition coefficient (Wildman–Crippen LogP) is 0.166. The van der Waals surface area contributed by atoms with Crippen LogP contribution in [0.25, 0.3) is 0 Å². The van der Waals surface area contributed by atoms with Gasteiger partial charge in [0.05, 0.1) is 6.10 Å². The number of aliphatic hydroxyl groups excluding tert-OH is 1. The van der Waals surface area contributed by atoms with E-state index in [9.17, 15) is 0 Å². The minimum Gasteiger partial charge on any atom is -0.393 e. The fraction of sp³-hybridized carbons (Fsp3) is 1.00. The highest BCUT2D eigenvalue weighted by atomic mass is 16.3. The van der Waals surface area contributed by atoms with E-state index in [0.29, 0.717) is 0 Å². The maximum Gasteiger partial charge on any atom is 0.0524 e. The lowest BCUT2D eigenvalue weighted by Gasteiger charge is -2.24. The molecule has 0 bridgehead atoms. The average Bonchev–Trinajstić information content (AvgIpc) is 1.82. The van der Waals surface area contributed by atoms with Crippen LogP contribution < -0.4 is 0 Å². The zero-order chi connectivity index (χ0) is 8.15. The lowest BCUT2D eigenvalue weighted by molar-refractivity contribution is 0.0400. The van der Waals surface area contributed by atoms with Crippen molar-refractivity contribution in [3.63, 3.8) is 0 Å². The Morgan fingerprint density at radius 3 is 2.10 bits per heavy atom. The first-order valence-corrected chi connectivity index (χ1v) is 3.60. The zero-order valence-electron chi connectivity index (χ0n) is 7.33. The molecular formula is C7H18N2O. The Labute approximate surface area is 63.2 Å². The van der Waals surface area contributed by atoms with Crippen LogP contribution in [0.5, 0.6) is 0 Å². The van der Waals surface area contributed by atoms with Crippen molar-refractivity contribution >= 4 is 0 Å². The molecule has 0 aromatic heterocycles. The highest BCUT2D eigenvalue weighted by molar-refractivity contribution is 4.50. The summed E-state index contributed by atoms with van der Waals surface area (Å²) in [6.45, 7) is 2.72. The molecule has 0 spiro atoms. The van der Waals surface area contributed by atoms with Gasteiger partial charge in [0.2, 0.25) is 0 Å². The van der Waals surface area contributed by atoms with Crippen molar-refractivity contribution in [3.05, 3.63) is 0 Å². The van der Waals surface area contributed by atoms with E-state index in [1.807, 2.05) is 33.1 Å². The van der Waals surface area contributed by atoms with Gasteiger partial charge in [0, 0.05) is 27.7 Å². The summed E-state index contributed by atoms with van der Waals surface area (Å²) in [4.78, 5) is 0. The Morgan fingerprint density at radius 1 is 1.30 bits per heavy atom. The molecule has 1 atom stereocenters. The van der Waals surface area contributed by atoms with Crippen LogP contribution in [0.3, 0.4) is 0 Å². The van der Waals surface area contributed by atoms with Gasteiger partial charge in [-0.2, -0.15) is 0 Å². The lowest BCUT2D eigenvalue weighted by Crippen LogP contribution is -2.34. The summed E-state index contributed by atoms with van der Waals surface area (Å²) in [5.74, 6) is 0. The van der Waals surface area contributed by atoms with Gasteiger partial charge in [-0.1, -0.05) is 0 Å². The third-order valence-electron chi connectivity index (χ3n) is 1.55. The van der Waals surface area contributed by atoms with Crippen LogP contribution >= 0.6 is 0 Å². The summed E-state index contributed by atoms with van der Waals surface area (Å²) in [6.07, 6.45) is 0.636. The number of aliphatic hydroxyl groups is 1. The normalized spacial score (nSPS) is 14.7. The van der Waals surface area contributed by atoms with E-state index in [4.69, 9.17) is 5.11 Å². The summed E-state index contributed by atoms with van der Waals surface area (Å²) in [5.41, 5.74) is 0. The van der Waals surface area contributed by atoms with E-state index in [1.165, 1.54) is 0 Å². The Morgan fingerprint density at radius 2 is 1.80 bits per heavy atom. The molecular weight excluding hydrogens is 128 g/mol. The van der Waals surface area contributed by atoms with Gasteiger partial charge in [-0.3, -0.25) is 0 Å². The van der Waals surface area contributed by atoms with Gasteiger partial charge < -0.3 is 5.11 Å². The molecule has 0 saturated heterocycles. The van der Waals surface area contributed by atoms with Crippen molar-refractivity contribution in [3.8, 4) is 0 Å². The van der Waals surface area contributed by atoms with Gasteiger partial charge in [0.25, 0.3) is 0 Å². The molecule has 0 rings (SSSR count). The standard InChI is InChI=1S/C7H18N2O/c1-7(10)5-6-9(4)8(2)3/h7,10H,5-6H2,1-4H3. The Balaban J connectivity index is 3.30. The second kappa shape index (κ2) is 4.66. The third-order valence-corrected chi connectivity index (χ3v) is 1.55. The monoisotopic (exact) mass is 146 g/mol. The highest BCUT2D eigenvalue weighted by Crippen LogP contribution is 1.93. The maximum absolute atomic E-state index is 8.94. The topological polar surface area (TPSA) is 26.7 Å². The van der Waals surface area contributed by atoms with Gasteiger partial charge in [-0.15, -0.1) is 0 Å². The van der Waals surface area contributed by atoms with Crippen LogP contribution in [0.2, 0.25) is 0 Å². The van der Waals surface area contributed by atoms with Gasteiger partial charge in [0.15, 0.2) is 0 Å². The summed E-state index contributed by atoms with van der Waals surface area (Å²) in [5, 5.41) is 13.0. The summed E-state index contributed by atoms with van der Waals surface area (Å²) < 4.78 is 0. The first-order chi connectivity index (χ1) is 4.54. The molecule has 0 amide bonds. The number of hydrogen-bond donors (Lipinski definition) is 1. The summed E-state index contributed by atoms with van der Waals surface area (Å²) >= 11 is 0. The molecule has 0 saturated carbocycles. The third kappa shape index (κ3) is 4.73. The van der Waals surface area contributed by atoms with E-state index in [-0.39, 0.29) is 6.10 Å². The Bertz CT molecular complexity index is 83.7. The molecule has 0 aliphatic rings. The molecule has 1 N–H and O–H groups in total. The van der Waals surface area contributed by atoms with Gasteiger partial charge in [-0.25, -0.2) is 10.0 Å². The van der Waals surface area contributed by atoms with Crippen molar-refractivity contribution in [1.29, 1.82) is 0 Å². The van der Waals surface area contributed by atoms with E-state index in [2.05, 4.69) is 5.01 Å². The molecule has 0 radical (unpaired) electrons. The van der Waals surface area contributed by atoms with E-state index >= 15 is 0 Å². The van der Waals surface area contributed by atoms with Crippen molar-refractivity contribution in [2.75, 3.05) is 27.7 Å². The van der Waals surface area contributed by atoms with Gasteiger partial charge in [-0.05, 0) is 13.3 Å². The molecule has 0 heterocycles. The van der Waals surface area contributed by atoms with Crippen molar-refractivity contribution in [2.45, 2.75) is 19.4 Å². The average molecular weight is 146 g/mol. The quantitative estimate of drug-likeness (QED) is 0.573. The SMILES string of the molecule is CC(O)CCN(C)N(C)C. The first kappa shape index (κ1) is 9.88. The molecule has 62 valence electrons. The highest BCUT2D eigenvalue weighted by Gasteiger charge is 2.01. The van der Waals surface area contributed by atoms with Crippen molar-refractivity contribution < 1.29 is 5.11 Å². The van der Waals surface area contributed by atoms with E-state index < -0.39 is 0 Å². The van der Waals surface area contributed by atoms with Crippen molar-refractivity contribution in [2.24, 2.45) is 0 Å². The van der Waals surface area contributed by atoms with E-state index in [1.54, 1.807) is 0 Å². The van der Waals surface area contributed by atoms with Crippen LogP contribution in [0.15, 0.2) is 0 Å². The first-order valence-electron chi connectivity index (χ1n) is 3.60. The summed E-state index contributed by atoms with van der Waals surface area (Å²) in [7, 11) is 5.98. The molecule has 0 aliphatic heterocycles. The van der Waals surface area contributed by atoms with Gasteiger partial charge in [0.1, 0.15) is 0 Å². The molecule has 10 heavy (non-hydrogen) atoms. The van der Waals surface area contributed by atoms with E-state index in [0.717, 1.165) is 13.0 Å². The molecule has 0 aromatic rings. The number of hydrazine groups is 1. The number of nitrogens with zero attached hydrogens (tertiary/aromatic N) is 2. The molecule has 0 fully saturated rings. The second-order valence-corrected chi connectivity index (χ2v) is 2.87. The van der Waals surface area contributed by atoms with Crippen LogP contribution in [0, 0.1) is 0 Å². The fourth-order valence-electron chi connectivity index (χ4n) is 0.574. The molecule has 3 nitrogen and oxygen atoms in total. The van der Waals surface area contributed by atoms with Crippen LogP contribution in [0.1, 0.15) is 13.3 Å². The molecule has 1 unspecified atom stereocenters. The Hall–Kier alpha value is -0.120. The van der Waals surface area contributed by atoms with Crippen LogP contribution in [0.4, 0.5) is 0 Å².